The van der Waals surface area contributed by atoms with Gasteiger partial charge >= 0.3 is 0 Å². The number of amides is 1. The summed E-state index contributed by atoms with van der Waals surface area (Å²) in [5.41, 5.74) is 0. The zero-order valence-corrected chi connectivity index (χ0v) is 9.24. The predicted molar refractivity (Wildman–Crippen MR) is 60.5 cm³/mol. The summed E-state index contributed by atoms with van der Waals surface area (Å²) in [5, 5.41) is 3.16. The topological polar surface area (TPSA) is 32.3 Å². The van der Waals surface area contributed by atoms with Gasteiger partial charge in [-0.25, -0.2) is 0 Å². The summed E-state index contributed by atoms with van der Waals surface area (Å²) < 4.78 is 0. The van der Waals surface area contributed by atoms with Crippen molar-refractivity contribution >= 4 is 5.91 Å². The molecule has 1 N–H and O–H groups in total. The number of nitrogens with zero attached hydrogens (tertiary/aromatic N) is 1. The van der Waals surface area contributed by atoms with Gasteiger partial charge in [-0.3, -0.25) is 4.79 Å². The Bertz CT molecular complexity index is 244. The monoisotopic (exact) mass is 208 g/mol. The third-order valence-electron chi connectivity index (χ3n) is 3.58. The van der Waals surface area contributed by atoms with E-state index in [-0.39, 0.29) is 5.91 Å². The van der Waals surface area contributed by atoms with Crippen LogP contribution in [0.5, 0.6) is 0 Å². The van der Waals surface area contributed by atoms with Gasteiger partial charge in [0.15, 0.2) is 0 Å². The Labute approximate surface area is 91.5 Å². The molecule has 0 spiro atoms. The van der Waals surface area contributed by atoms with Gasteiger partial charge < -0.3 is 10.2 Å². The van der Waals surface area contributed by atoms with E-state index in [1.54, 1.807) is 6.08 Å². The maximum absolute atomic E-state index is 11.6. The number of allylic oxidation sites excluding steroid dienone is 1. The van der Waals surface area contributed by atoms with Crippen molar-refractivity contribution in [3.8, 4) is 0 Å². The first kappa shape index (κ1) is 10.7. The number of nitrogens with one attached hydrogen (secondary N) is 1. The van der Waals surface area contributed by atoms with Crippen molar-refractivity contribution in [2.75, 3.05) is 19.6 Å². The lowest BCUT2D eigenvalue weighted by Crippen LogP contribution is -2.57. The molecule has 3 rings (SSSR count). The number of carbonyl (C=O) groups excluding carboxylic acids is 1. The van der Waals surface area contributed by atoms with Crippen LogP contribution in [-0.4, -0.2) is 36.5 Å². The lowest BCUT2D eigenvalue weighted by Gasteiger charge is -2.44. The molecule has 3 heterocycles. The van der Waals surface area contributed by atoms with Crippen molar-refractivity contribution in [1.82, 2.24) is 10.2 Å². The Kier molecular flexibility index (Phi) is 3.41. The van der Waals surface area contributed by atoms with E-state index in [9.17, 15) is 4.79 Å². The molecular weight excluding hydrogens is 188 g/mol. The van der Waals surface area contributed by atoms with Crippen LogP contribution in [-0.2, 0) is 4.79 Å². The highest BCUT2D eigenvalue weighted by molar-refractivity contribution is 5.76. The molecule has 84 valence electrons. The molecule has 0 saturated carbocycles. The number of fused-ring (bicyclic) bond motifs is 3. The highest BCUT2D eigenvalue weighted by Crippen LogP contribution is 2.27. The van der Waals surface area contributed by atoms with Crippen LogP contribution in [0.2, 0.25) is 0 Å². The molecule has 0 aliphatic carbocycles. The van der Waals surface area contributed by atoms with Crippen LogP contribution >= 0.6 is 0 Å². The minimum Gasteiger partial charge on any atom is -0.352 e. The largest absolute Gasteiger partial charge is 0.352 e. The fourth-order valence-electron chi connectivity index (χ4n) is 2.64. The third-order valence-corrected chi connectivity index (χ3v) is 3.58. The van der Waals surface area contributed by atoms with Crippen molar-refractivity contribution in [2.45, 2.75) is 31.7 Å². The number of rotatable bonds is 4. The van der Waals surface area contributed by atoms with Gasteiger partial charge in [-0.1, -0.05) is 6.08 Å². The fourth-order valence-corrected chi connectivity index (χ4v) is 2.64. The average Bonchev–Trinajstić information content (AvgIpc) is 2.28. The molecule has 1 amide bonds. The molecule has 3 fully saturated rings. The molecule has 3 heteroatoms. The summed E-state index contributed by atoms with van der Waals surface area (Å²) >= 11 is 0. The summed E-state index contributed by atoms with van der Waals surface area (Å²) in [7, 11) is 0. The van der Waals surface area contributed by atoms with Gasteiger partial charge in [0.25, 0.3) is 0 Å². The van der Waals surface area contributed by atoms with E-state index >= 15 is 0 Å². The van der Waals surface area contributed by atoms with Gasteiger partial charge in [-0.15, -0.1) is 6.58 Å². The van der Waals surface area contributed by atoms with Crippen LogP contribution in [0.3, 0.4) is 0 Å². The first-order chi connectivity index (χ1) is 7.29. The van der Waals surface area contributed by atoms with Gasteiger partial charge in [-0.05, 0) is 38.3 Å². The van der Waals surface area contributed by atoms with Crippen molar-refractivity contribution < 1.29 is 4.79 Å². The van der Waals surface area contributed by atoms with Crippen LogP contribution in [0, 0.1) is 5.92 Å². The molecule has 3 nitrogen and oxygen atoms in total. The number of hydrogen-bond donors (Lipinski definition) is 1. The Morgan fingerprint density at radius 2 is 2.20 bits per heavy atom. The molecule has 1 unspecified atom stereocenters. The molecular formula is C12H20N2O. The highest BCUT2D eigenvalue weighted by Gasteiger charge is 2.34. The van der Waals surface area contributed by atoms with Crippen LogP contribution in [0.25, 0.3) is 0 Å². The van der Waals surface area contributed by atoms with Gasteiger partial charge in [0.2, 0.25) is 5.91 Å². The van der Waals surface area contributed by atoms with E-state index in [2.05, 4.69) is 16.8 Å². The molecule has 3 aliphatic heterocycles. The molecule has 3 saturated heterocycles. The van der Waals surface area contributed by atoms with Crippen molar-refractivity contribution in [2.24, 2.45) is 5.92 Å². The summed E-state index contributed by atoms with van der Waals surface area (Å²) in [6, 6.07) is 0.407. The quantitative estimate of drug-likeness (QED) is 0.703. The normalized spacial score (nSPS) is 33.7. The molecule has 0 aromatic heterocycles. The van der Waals surface area contributed by atoms with Crippen molar-refractivity contribution in [1.29, 1.82) is 0 Å². The standard InChI is InChI=1S/C12H20N2O/c1-2-3-4-12(15)13-11-9-14-7-5-10(11)6-8-14/h2,10-11H,1,3-9H2,(H,13,15). The SMILES string of the molecule is C=CCCC(=O)NC1CN2CCC1CC2. The van der Waals surface area contributed by atoms with E-state index in [4.69, 9.17) is 0 Å². The second-order valence-corrected chi connectivity index (χ2v) is 4.64. The van der Waals surface area contributed by atoms with Crippen LogP contribution in [0.15, 0.2) is 12.7 Å². The zero-order valence-electron chi connectivity index (χ0n) is 9.24. The van der Waals surface area contributed by atoms with Crippen LogP contribution in [0.1, 0.15) is 25.7 Å². The Morgan fingerprint density at radius 1 is 1.47 bits per heavy atom. The lowest BCUT2D eigenvalue weighted by molar-refractivity contribution is -0.123. The predicted octanol–water partition coefficient (Wildman–Crippen LogP) is 1.16. The average molecular weight is 208 g/mol. The Morgan fingerprint density at radius 3 is 2.73 bits per heavy atom. The second-order valence-electron chi connectivity index (χ2n) is 4.64. The summed E-state index contributed by atoms with van der Waals surface area (Å²) in [5.74, 6) is 0.913. The summed E-state index contributed by atoms with van der Waals surface area (Å²) in [6.07, 6.45) is 5.69. The first-order valence-corrected chi connectivity index (χ1v) is 5.92. The lowest BCUT2D eigenvalue weighted by atomic mass is 9.84. The molecule has 15 heavy (non-hydrogen) atoms. The molecule has 0 radical (unpaired) electrons. The van der Waals surface area contributed by atoms with E-state index in [1.165, 1.54) is 25.9 Å². The summed E-state index contributed by atoms with van der Waals surface area (Å²) in [4.78, 5) is 14.0. The van der Waals surface area contributed by atoms with E-state index in [0.29, 0.717) is 12.5 Å². The van der Waals surface area contributed by atoms with E-state index in [0.717, 1.165) is 18.9 Å². The number of piperidine rings is 3. The number of carbonyl (C=O) groups is 1. The summed E-state index contributed by atoms with van der Waals surface area (Å²) in [6.45, 7) is 7.14. The van der Waals surface area contributed by atoms with Crippen LogP contribution < -0.4 is 5.32 Å². The van der Waals surface area contributed by atoms with E-state index < -0.39 is 0 Å². The third kappa shape index (κ3) is 2.59. The minimum atomic E-state index is 0.189. The van der Waals surface area contributed by atoms with Gasteiger partial charge in [0, 0.05) is 19.0 Å². The zero-order chi connectivity index (χ0) is 10.7. The molecule has 0 aromatic rings. The molecule has 1 atom stereocenters. The van der Waals surface area contributed by atoms with Crippen molar-refractivity contribution in [3.05, 3.63) is 12.7 Å². The van der Waals surface area contributed by atoms with Gasteiger partial charge in [-0.2, -0.15) is 0 Å². The van der Waals surface area contributed by atoms with Crippen LogP contribution in [0.4, 0.5) is 0 Å². The molecule has 0 aromatic carbocycles. The fraction of sp³-hybridized carbons (Fsp3) is 0.750. The minimum absolute atomic E-state index is 0.189. The van der Waals surface area contributed by atoms with E-state index in [1.807, 2.05) is 0 Å². The Hall–Kier alpha value is -0.830. The first-order valence-electron chi connectivity index (χ1n) is 5.92. The Balaban J connectivity index is 1.79. The van der Waals surface area contributed by atoms with Gasteiger partial charge in [0.1, 0.15) is 0 Å². The highest BCUT2D eigenvalue weighted by atomic mass is 16.1. The molecule has 3 aliphatic rings. The second kappa shape index (κ2) is 4.79. The van der Waals surface area contributed by atoms with Gasteiger partial charge in [0.05, 0.1) is 0 Å². The maximum Gasteiger partial charge on any atom is 0.220 e. The maximum atomic E-state index is 11.6. The van der Waals surface area contributed by atoms with Crippen molar-refractivity contribution in [3.63, 3.8) is 0 Å². The molecule has 2 bridgehead atoms. The smallest absolute Gasteiger partial charge is 0.220 e. The number of hydrogen-bond acceptors (Lipinski definition) is 2.